The molecule has 2 rings (SSSR count). The number of rotatable bonds is 4. The Hall–Kier alpha value is -1.17. The van der Waals surface area contributed by atoms with Gasteiger partial charge in [0, 0.05) is 11.0 Å². The Kier molecular flexibility index (Phi) is 4.62. The maximum atomic E-state index is 12.4. The molecule has 0 aliphatic carbocycles. The van der Waals surface area contributed by atoms with E-state index in [4.69, 9.17) is 0 Å². The van der Waals surface area contributed by atoms with Gasteiger partial charge in [0.2, 0.25) is 10.0 Å². The van der Waals surface area contributed by atoms with E-state index in [2.05, 4.69) is 20.7 Å². The third-order valence-electron chi connectivity index (χ3n) is 3.05. The van der Waals surface area contributed by atoms with Gasteiger partial charge in [-0.15, -0.1) is 0 Å². The van der Waals surface area contributed by atoms with Crippen molar-refractivity contribution in [3.8, 4) is 0 Å². The Labute approximate surface area is 128 Å². The highest BCUT2D eigenvalue weighted by atomic mass is 79.9. The fourth-order valence-corrected chi connectivity index (χ4v) is 3.68. The molecule has 5 heteroatoms. The summed E-state index contributed by atoms with van der Waals surface area (Å²) >= 11 is 3.41. The van der Waals surface area contributed by atoms with Crippen LogP contribution in [0.3, 0.4) is 0 Å². The molecule has 0 aromatic heterocycles. The minimum Gasteiger partial charge on any atom is -0.207 e. The van der Waals surface area contributed by atoms with E-state index in [1.807, 2.05) is 43.3 Å². The van der Waals surface area contributed by atoms with Crippen LogP contribution in [0.2, 0.25) is 0 Å². The van der Waals surface area contributed by atoms with Crippen LogP contribution in [0.1, 0.15) is 16.7 Å². The summed E-state index contributed by atoms with van der Waals surface area (Å²) in [4.78, 5) is 0.328. The quantitative estimate of drug-likeness (QED) is 0.913. The van der Waals surface area contributed by atoms with Gasteiger partial charge in [-0.25, -0.2) is 13.1 Å². The highest BCUT2D eigenvalue weighted by Gasteiger charge is 2.17. The standard InChI is InChI=1S/C15H16BrNO2S/c1-11-9-15(12(2)8-14(11)16)20(18,19)17-10-13-6-4-3-5-7-13/h3-9,17H,10H2,1-2H3. The minimum absolute atomic E-state index is 0.289. The molecule has 0 spiro atoms. The van der Waals surface area contributed by atoms with Crippen LogP contribution < -0.4 is 4.72 Å². The number of hydrogen-bond acceptors (Lipinski definition) is 2. The van der Waals surface area contributed by atoms with Crippen LogP contribution in [0.15, 0.2) is 51.8 Å². The Bertz CT molecular complexity index is 712. The Morgan fingerprint density at radius 2 is 1.70 bits per heavy atom. The molecule has 0 bridgehead atoms. The van der Waals surface area contributed by atoms with E-state index in [1.165, 1.54) is 0 Å². The predicted molar refractivity (Wildman–Crippen MR) is 84.1 cm³/mol. The lowest BCUT2D eigenvalue weighted by Gasteiger charge is -2.11. The van der Waals surface area contributed by atoms with Crippen molar-refractivity contribution >= 4 is 26.0 Å². The van der Waals surface area contributed by atoms with Gasteiger partial charge in [0.1, 0.15) is 0 Å². The van der Waals surface area contributed by atoms with Gasteiger partial charge < -0.3 is 0 Å². The molecular formula is C15H16BrNO2S. The molecule has 0 saturated carbocycles. The SMILES string of the molecule is Cc1cc(S(=O)(=O)NCc2ccccc2)c(C)cc1Br. The molecule has 2 aromatic carbocycles. The van der Waals surface area contributed by atoms with Crippen molar-refractivity contribution in [2.45, 2.75) is 25.3 Å². The molecule has 0 fully saturated rings. The largest absolute Gasteiger partial charge is 0.241 e. The first-order chi connectivity index (χ1) is 9.40. The summed E-state index contributed by atoms with van der Waals surface area (Å²) in [6, 6.07) is 13.0. The van der Waals surface area contributed by atoms with Crippen LogP contribution in [0.5, 0.6) is 0 Å². The lowest BCUT2D eigenvalue weighted by molar-refractivity contribution is 0.580. The summed E-state index contributed by atoms with van der Waals surface area (Å²) in [6.45, 7) is 3.96. The predicted octanol–water partition coefficient (Wildman–Crippen LogP) is 3.54. The number of halogens is 1. The molecule has 0 amide bonds. The summed E-state index contributed by atoms with van der Waals surface area (Å²) in [5, 5.41) is 0. The van der Waals surface area contributed by atoms with Gasteiger partial charge in [-0.2, -0.15) is 0 Å². The zero-order valence-electron chi connectivity index (χ0n) is 11.4. The summed E-state index contributed by atoms with van der Waals surface area (Å²) < 4.78 is 28.3. The fourth-order valence-electron chi connectivity index (χ4n) is 1.90. The maximum absolute atomic E-state index is 12.4. The molecule has 3 nitrogen and oxygen atoms in total. The van der Waals surface area contributed by atoms with Gasteiger partial charge in [-0.05, 0) is 42.7 Å². The Morgan fingerprint density at radius 1 is 1.05 bits per heavy atom. The smallest absolute Gasteiger partial charge is 0.207 e. The molecule has 2 aromatic rings. The van der Waals surface area contributed by atoms with Crippen molar-refractivity contribution in [3.05, 3.63) is 63.6 Å². The summed E-state index contributed by atoms with van der Waals surface area (Å²) in [5.41, 5.74) is 2.56. The number of sulfonamides is 1. The molecule has 0 saturated heterocycles. The van der Waals surface area contributed by atoms with Crippen LogP contribution in [0, 0.1) is 13.8 Å². The van der Waals surface area contributed by atoms with Gasteiger partial charge in [-0.3, -0.25) is 0 Å². The summed E-state index contributed by atoms with van der Waals surface area (Å²) in [7, 11) is -3.50. The highest BCUT2D eigenvalue weighted by molar-refractivity contribution is 9.10. The first-order valence-corrected chi connectivity index (χ1v) is 8.48. The van der Waals surface area contributed by atoms with Crippen molar-refractivity contribution in [1.29, 1.82) is 0 Å². The Morgan fingerprint density at radius 3 is 2.35 bits per heavy atom. The second-order valence-electron chi connectivity index (χ2n) is 4.68. The average molecular weight is 354 g/mol. The third kappa shape index (κ3) is 3.48. The van der Waals surface area contributed by atoms with E-state index in [-0.39, 0.29) is 6.54 Å². The van der Waals surface area contributed by atoms with Gasteiger partial charge in [0.25, 0.3) is 0 Å². The van der Waals surface area contributed by atoms with Crippen LogP contribution in [0.25, 0.3) is 0 Å². The van der Waals surface area contributed by atoms with Crippen molar-refractivity contribution in [3.63, 3.8) is 0 Å². The Balaban J connectivity index is 2.25. The van der Waals surface area contributed by atoms with Gasteiger partial charge in [0.05, 0.1) is 4.90 Å². The fraction of sp³-hybridized carbons (Fsp3) is 0.200. The van der Waals surface area contributed by atoms with Crippen LogP contribution in [0.4, 0.5) is 0 Å². The molecule has 1 N–H and O–H groups in total. The van der Waals surface area contributed by atoms with E-state index in [0.717, 1.165) is 21.2 Å². The van der Waals surface area contributed by atoms with Crippen molar-refractivity contribution in [1.82, 2.24) is 4.72 Å². The van der Waals surface area contributed by atoms with Gasteiger partial charge in [-0.1, -0.05) is 46.3 Å². The number of nitrogens with one attached hydrogen (secondary N) is 1. The highest BCUT2D eigenvalue weighted by Crippen LogP contribution is 2.24. The van der Waals surface area contributed by atoms with E-state index in [1.54, 1.807) is 13.0 Å². The first-order valence-electron chi connectivity index (χ1n) is 6.20. The van der Waals surface area contributed by atoms with Crippen LogP contribution >= 0.6 is 15.9 Å². The topological polar surface area (TPSA) is 46.2 Å². The van der Waals surface area contributed by atoms with E-state index in [9.17, 15) is 8.42 Å². The molecule has 0 radical (unpaired) electrons. The molecular weight excluding hydrogens is 338 g/mol. The second kappa shape index (κ2) is 6.08. The van der Waals surface area contributed by atoms with E-state index >= 15 is 0 Å². The van der Waals surface area contributed by atoms with Crippen molar-refractivity contribution in [2.75, 3.05) is 0 Å². The first kappa shape index (κ1) is 15.2. The van der Waals surface area contributed by atoms with Crippen molar-refractivity contribution in [2.24, 2.45) is 0 Å². The molecule has 0 atom stereocenters. The maximum Gasteiger partial charge on any atom is 0.241 e. The van der Waals surface area contributed by atoms with Crippen molar-refractivity contribution < 1.29 is 8.42 Å². The molecule has 0 heterocycles. The molecule has 0 aliphatic heterocycles. The number of hydrogen-bond donors (Lipinski definition) is 1. The molecule has 20 heavy (non-hydrogen) atoms. The van der Waals surface area contributed by atoms with Gasteiger partial charge >= 0.3 is 0 Å². The molecule has 106 valence electrons. The van der Waals surface area contributed by atoms with E-state index < -0.39 is 10.0 Å². The average Bonchev–Trinajstić information content (AvgIpc) is 2.42. The number of benzene rings is 2. The van der Waals surface area contributed by atoms with Gasteiger partial charge in [0.15, 0.2) is 0 Å². The summed E-state index contributed by atoms with van der Waals surface area (Å²) in [6.07, 6.45) is 0. The number of aryl methyl sites for hydroxylation is 2. The lowest BCUT2D eigenvalue weighted by atomic mass is 10.2. The zero-order valence-corrected chi connectivity index (χ0v) is 13.8. The van der Waals surface area contributed by atoms with Crippen LogP contribution in [-0.4, -0.2) is 8.42 Å². The lowest BCUT2D eigenvalue weighted by Crippen LogP contribution is -2.24. The zero-order chi connectivity index (χ0) is 14.8. The molecule has 0 aliphatic rings. The van der Waals surface area contributed by atoms with E-state index in [0.29, 0.717) is 4.90 Å². The summed E-state index contributed by atoms with van der Waals surface area (Å²) in [5.74, 6) is 0. The van der Waals surface area contributed by atoms with Crippen LogP contribution in [-0.2, 0) is 16.6 Å². The normalized spacial score (nSPS) is 11.6. The molecule has 0 unspecified atom stereocenters. The monoisotopic (exact) mass is 353 g/mol. The minimum atomic E-state index is -3.50. The second-order valence-corrected chi connectivity index (χ2v) is 7.27. The third-order valence-corrected chi connectivity index (χ3v) is 5.45.